The summed E-state index contributed by atoms with van der Waals surface area (Å²) < 4.78 is 132. The first kappa shape index (κ1) is 119. The van der Waals surface area contributed by atoms with E-state index in [1.54, 1.807) is 135 Å². The fourth-order valence-electron chi connectivity index (χ4n) is 18.8. The van der Waals surface area contributed by atoms with E-state index in [1.165, 1.54) is 12.1 Å². The summed E-state index contributed by atoms with van der Waals surface area (Å²) in [6.07, 6.45) is -40.8. The number of aliphatic hydroxyl groups is 9. The standard InChI is InChI=1S/C74H83N3O21.C24H47N5O15.CH3.2H2O.Pd/c1-5-54-44(3)59(93-66(80)49-31-19-10-20-32-49)57(77-74(84)89-42-48-29-17-9-18-30-48)70(90-54)97-63-55(6-2)91-71(65(63)85-38-37-78)98-64-60(94-67(81)50-33-21-11-22-34-50)52(75-72(82)87-40-46-25-13-7-14-26-46)39-53(76-73(83)88-41-47-27-15-8-16-28-47)61(64)95-68-45(4)58(79)62-56(92-68)43-86-69(96-62)51-35-23-12-24-36-51;25-6-3-7(26)17(41-22-10(27)14(35)13(34)8(4-31)39-22)19(12(6)33)43-24-20(38-2-1-30)18(9(5-32)40-24)42-23-11(28)15(36)16(37)21(29)44-23;;;;/h7-37,44-45,52-65,68-71,79H,5-6,38-43H2,1-4H3,(H,75,82)(H,76,83)(H,77,84);6-24,30-37H,1-5,25-29H2;1H3;2*1H2;/q;;-1;;;. The molecule has 39 unspecified atom stereocenters. The number of alkyl carbamates (subject to hydrolysis) is 3. The van der Waals surface area contributed by atoms with Crippen molar-refractivity contribution in [1.29, 1.82) is 0 Å². The average Bonchev–Trinajstić information content (AvgIpc) is 1.23. The third-order valence-electron chi connectivity index (χ3n) is 26.5. The monoisotopic (exact) mass is 2150 g/mol. The number of esters is 2. The molecule has 7 aliphatic heterocycles. The van der Waals surface area contributed by atoms with Gasteiger partial charge in [-0.05, 0) is 66.6 Å². The molecular formula is C99H137N8O38Pd-. The summed E-state index contributed by atoms with van der Waals surface area (Å²) >= 11 is 0. The van der Waals surface area contributed by atoms with Crippen molar-refractivity contribution in [3.63, 3.8) is 0 Å². The van der Waals surface area contributed by atoms with Gasteiger partial charge in [-0.3, -0.25) is 0 Å². The van der Waals surface area contributed by atoms with Crippen molar-refractivity contribution in [2.75, 3.05) is 39.6 Å². The molecule has 812 valence electrons. The Bertz CT molecular complexity index is 4900. The number of benzene rings is 6. The van der Waals surface area contributed by atoms with E-state index < -0.39 is 295 Å². The number of nitrogens with one attached hydrogen (secondary N) is 3. The average molecular weight is 2150 g/mol. The van der Waals surface area contributed by atoms with Crippen LogP contribution in [0.1, 0.15) is 103 Å². The Morgan fingerprint density at radius 2 is 0.849 bits per heavy atom. The van der Waals surface area contributed by atoms with Gasteiger partial charge in [-0.25, -0.2) is 24.0 Å². The number of carbonyl (C=O) groups is 6. The molecule has 6 aromatic carbocycles. The molecule has 7 saturated heterocycles. The zero-order valence-electron chi connectivity index (χ0n) is 80.9. The second-order valence-electron chi connectivity index (χ2n) is 36.1. The fourth-order valence-corrected chi connectivity index (χ4v) is 18.8. The van der Waals surface area contributed by atoms with Gasteiger partial charge in [-0.1, -0.05) is 185 Å². The van der Waals surface area contributed by atoms with Crippen LogP contribution in [0, 0.1) is 19.3 Å². The van der Waals surface area contributed by atoms with Gasteiger partial charge in [0.1, 0.15) is 149 Å². The van der Waals surface area contributed by atoms with E-state index in [0.29, 0.717) is 29.4 Å². The Kier molecular flexibility index (Phi) is 46.3. The van der Waals surface area contributed by atoms with Crippen molar-refractivity contribution in [3.05, 3.63) is 223 Å². The number of hydrogen-bond donors (Lipinski definition) is 17. The van der Waals surface area contributed by atoms with Gasteiger partial charge in [0.05, 0.1) is 92.7 Å². The predicted octanol–water partition coefficient (Wildman–Crippen LogP) is -0.881. The Hall–Kier alpha value is -8.88. The summed E-state index contributed by atoms with van der Waals surface area (Å²) in [4.78, 5) is 84.5. The van der Waals surface area contributed by atoms with Gasteiger partial charge in [-0.2, -0.15) is 0 Å². The number of aliphatic hydroxyl groups excluding tert-OH is 9. The van der Waals surface area contributed by atoms with E-state index >= 15 is 0 Å². The maximum absolute atomic E-state index is 14.8. The summed E-state index contributed by atoms with van der Waals surface area (Å²) in [6.45, 7) is 4.22. The molecule has 3 amide bonds. The number of fused-ring (bicyclic) bond motifs is 1. The van der Waals surface area contributed by atoms with Gasteiger partial charge in [0.15, 0.2) is 50.1 Å². The molecular weight excluding hydrogens is 2020 g/mol. The molecule has 46 nitrogen and oxygen atoms in total. The summed E-state index contributed by atoms with van der Waals surface area (Å²) in [5.74, 6) is -2.98. The van der Waals surface area contributed by atoms with Crippen LogP contribution in [-0.2, 0) is 145 Å². The molecule has 2 aliphatic carbocycles. The molecule has 2 saturated carbocycles. The number of amides is 3. The predicted molar refractivity (Wildman–Crippen MR) is 504 cm³/mol. The van der Waals surface area contributed by atoms with Crippen LogP contribution in [0.4, 0.5) is 14.4 Å². The molecule has 6 aromatic rings. The van der Waals surface area contributed by atoms with E-state index in [2.05, 4.69) is 16.0 Å². The number of aldehydes is 1. The second kappa shape index (κ2) is 56.8. The maximum Gasteiger partial charge on any atom is 0.407 e. The summed E-state index contributed by atoms with van der Waals surface area (Å²) in [6, 6.07) is 44.5. The molecule has 26 N–H and O–H groups in total. The first-order valence-corrected chi connectivity index (χ1v) is 47.6. The van der Waals surface area contributed by atoms with Crippen LogP contribution in [0.25, 0.3) is 0 Å². The summed E-state index contributed by atoms with van der Waals surface area (Å²) in [5.41, 5.74) is 33.4. The van der Waals surface area contributed by atoms with Crippen LogP contribution in [0.2, 0.25) is 0 Å². The van der Waals surface area contributed by atoms with E-state index in [4.69, 9.17) is 128 Å². The molecule has 15 rings (SSSR count). The molecule has 0 bridgehead atoms. The van der Waals surface area contributed by atoms with Crippen LogP contribution in [-0.4, -0.2) is 354 Å². The zero-order chi connectivity index (χ0) is 101. The van der Waals surface area contributed by atoms with Crippen LogP contribution in [0.5, 0.6) is 0 Å². The van der Waals surface area contributed by atoms with E-state index in [9.17, 15) is 74.7 Å². The van der Waals surface area contributed by atoms with E-state index in [0.717, 1.165) is 5.56 Å². The van der Waals surface area contributed by atoms with Crippen molar-refractivity contribution in [2.45, 2.75) is 300 Å². The van der Waals surface area contributed by atoms with Crippen molar-refractivity contribution < 1.29 is 206 Å². The topological polar surface area (TPSA) is 708 Å². The zero-order valence-corrected chi connectivity index (χ0v) is 82.4. The number of nitrogens with two attached hydrogens (primary N) is 5. The molecule has 146 heavy (non-hydrogen) atoms. The largest absolute Gasteiger partial charge is 0.456 e. The van der Waals surface area contributed by atoms with Gasteiger partial charge in [0, 0.05) is 49.9 Å². The van der Waals surface area contributed by atoms with Gasteiger partial charge in [-0.15, -0.1) is 0 Å². The molecule has 39 atom stereocenters. The molecule has 47 heteroatoms. The summed E-state index contributed by atoms with van der Waals surface area (Å²) in [5, 5.41) is 102. The van der Waals surface area contributed by atoms with Crippen molar-refractivity contribution in [3.8, 4) is 0 Å². The molecule has 0 aromatic heterocycles. The molecule has 9 aliphatic rings. The minimum Gasteiger partial charge on any atom is -0.456 e. The SMILES string of the molecule is CCC1OC(OC2C(CC)OC(OC3C(OC(=O)c4ccccc4)C(NC(=O)OCc4ccccc4)CC(NC(=O)OCc4ccccc4)C3OC3OC4COC(c5ccccc5)OC4C(O)C3C)C2OCC=O)C(NC(=O)OCc2ccccc2)C(OC(=O)c2ccccc2)C1C.NC1CC(N)C(OC2OC(CO)C(O)C(O)C2N)C(OC2OC(CO)C(OC3OC(N)C(O)C(O)C3N)C2OCCO)C1O.O.O.[CH3-].[Pd]. The van der Waals surface area contributed by atoms with Crippen LogP contribution in [0.15, 0.2) is 182 Å². The molecule has 7 heterocycles. The first-order chi connectivity index (χ1) is 68.6. The van der Waals surface area contributed by atoms with Crippen molar-refractivity contribution >= 4 is 36.5 Å². The van der Waals surface area contributed by atoms with Gasteiger partial charge in [0.2, 0.25) is 0 Å². The molecule has 9 fully saturated rings. The van der Waals surface area contributed by atoms with Crippen LogP contribution in [0.3, 0.4) is 0 Å². The maximum atomic E-state index is 14.8. The number of rotatable bonds is 36. The minimum atomic E-state index is -1.67. The quantitative estimate of drug-likeness (QED) is 0.00746. The Labute approximate surface area is 856 Å². The van der Waals surface area contributed by atoms with Gasteiger partial charge < -0.3 is 213 Å². The number of carbonyl (C=O) groups excluding carboxylic acids is 6. The third-order valence-corrected chi connectivity index (χ3v) is 26.5. The van der Waals surface area contributed by atoms with Crippen molar-refractivity contribution in [1.82, 2.24) is 16.0 Å². The third kappa shape index (κ3) is 29.5. The van der Waals surface area contributed by atoms with Crippen LogP contribution < -0.4 is 44.6 Å². The van der Waals surface area contributed by atoms with Crippen molar-refractivity contribution in [2.24, 2.45) is 40.5 Å². The Morgan fingerprint density at radius 3 is 1.38 bits per heavy atom. The number of hydrogen-bond acceptors (Lipinski definition) is 41. The summed E-state index contributed by atoms with van der Waals surface area (Å²) in [7, 11) is 0. The second-order valence-corrected chi connectivity index (χ2v) is 36.1. The van der Waals surface area contributed by atoms with E-state index in [-0.39, 0.29) is 102 Å². The fraction of sp³-hybridized carbons (Fsp3) is 0.566. The van der Waals surface area contributed by atoms with Gasteiger partial charge in [0.25, 0.3) is 0 Å². The van der Waals surface area contributed by atoms with E-state index in [1.807, 2.05) is 62.4 Å². The number of ether oxygens (including phenoxy) is 21. The normalized spacial score (nSPS) is 36.1. The molecule has 0 radical (unpaired) electrons. The van der Waals surface area contributed by atoms with Gasteiger partial charge >= 0.3 is 30.2 Å². The minimum absolute atomic E-state index is 0. The van der Waals surface area contributed by atoms with Crippen LogP contribution >= 0.6 is 0 Å². The smallest absolute Gasteiger partial charge is 0.407 e. The first-order valence-electron chi connectivity index (χ1n) is 47.6. The Morgan fingerprint density at radius 1 is 0.411 bits per heavy atom. The molecule has 0 spiro atoms. The Balaban J connectivity index is 0.000000382.